The standard InChI is InChI=1S/C19H18IN3O3/c1-2-19(13-7-4-3-5-8-13)17(25)23(18(26)22-19)12-16(24)21-15-10-6-9-14(20)11-15/h3-11H,2,12H2,1H3,(H,21,24)(H,22,26)/t19-/m1/s1. The van der Waals surface area contributed by atoms with Crippen molar-refractivity contribution in [3.05, 3.63) is 63.7 Å². The Bertz CT molecular complexity index is 856. The predicted molar refractivity (Wildman–Crippen MR) is 106 cm³/mol. The number of carbonyl (C=O) groups is 3. The Labute approximate surface area is 165 Å². The molecule has 26 heavy (non-hydrogen) atoms. The van der Waals surface area contributed by atoms with Crippen LogP contribution in [0.25, 0.3) is 0 Å². The van der Waals surface area contributed by atoms with Crippen molar-refractivity contribution in [2.24, 2.45) is 0 Å². The number of urea groups is 1. The van der Waals surface area contributed by atoms with Crippen molar-refractivity contribution in [3.8, 4) is 0 Å². The van der Waals surface area contributed by atoms with Gasteiger partial charge in [-0.1, -0.05) is 43.3 Å². The van der Waals surface area contributed by atoms with Crippen LogP contribution in [-0.2, 0) is 15.1 Å². The quantitative estimate of drug-likeness (QED) is 0.529. The van der Waals surface area contributed by atoms with E-state index in [0.717, 1.165) is 8.47 Å². The number of anilines is 1. The van der Waals surface area contributed by atoms with Gasteiger partial charge in [-0.3, -0.25) is 14.5 Å². The highest BCUT2D eigenvalue weighted by atomic mass is 127. The van der Waals surface area contributed by atoms with Crippen molar-refractivity contribution in [2.75, 3.05) is 11.9 Å². The number of hydrogen-bond donors (Lipinski definition) is 2. The highest BCUT2D eigenvalue weighted by Gasteiger charge is 2.51. The molecule has 0 bridgehead atoms. The molecule has 2 N–H and O–H groups in total. The first-order valence-corrected chi connectivity index (χ1v) is 9.29. The molecule has 1 saturated heterocycles. The number of carbonyl (C=O) groups excluding carboxylic acids is 3. The smallest absolute Gasteiger partial charge is 0.324 e. The molecule has 0 spiro atoms. The molecular formula is C19H18IN3O3. The summed E-state index contributed by atoms with van der Waals surface area (Å²) in [6.07, 6.45) is 0.399. The molecule has 7 heteroatoms. The molecule has 1 heterocycles. The summed E-state index contributed by atoms with van der Waals surface area (Å²) in [6.45, 7) is 1.51. The van der Waals surface area contributed by atoms with E-state index in [-0.39, 0.29) is 6.54 Å². The molecule has 134 valence electrons. The van der Waals surface area contributed by atoms with Gasteiger partial charge in [0.05, 0.1) is 0 Å². The zero-order chi connectivity index (χ0) is 18.7. The van der Waals surface area contributed by atoms with E-state index in [4.69, 9.17) is 0 Å². The zero-order valence-electron chi connectivity index (χ0n) is 14.2. The van der Waals surface area contributed by atoms with E-state index in [0.29, 0.717) is 17.7 Å². The second-order valence-corrected chi connectivity index (χ2v) is 7.25. The molecule has 0 radical (unpaired) electrons. The number of nitrogens with zero attached hydrogens (tertiary/aromatic N) is 1. The lowest BCUT2D eigenvalue weighted by atomic mass is 9.87. The van der Waals surface area contributed by atoms with Crippen LogP contribution < -0.4 is 10.6 Å². The first kappa shape index (κ1) is 18.4. The molecule has 6 nitrogen and oxygen atoms in total. The van der Waals surface area contributed by atoms with E-state index in [2.05, 4.69) is 33.2 Å². The van der Waals surface area contributed by atoms with Gasteiger partial charge in [0, 0.05) is 9.26 Å². The molecule has 2 aromatic rings. The summed E-state index contributed by atoms with van der Waals surface area (Å²) in [5.41, 5.74) is 0.209. The van der Waals surface area contributed by atoms with Gasteiger partial charge in [-0.2, -0.15) is 0 Å². The van der Waals surface area contributed by atoms with Gasteiger partial charge in [-0.25, -0.2) is 4.79 Å². The summed E-state index contributed by atoms with van der Waals surface area (Å²) >= 11 is 2.14. The monoisotopic (exact) mass is 463 g/mol. The van der Waals surface area contributed by atoms with Gasteiger partial charge in [0.1, 0.15) is 12.1 Å². The van der Waals surface area contributed by atoms with Crippen molar-refractivity contribution >= 4 is 46.1 Å². The predicted octanol–water partition coefficient (Wildman–Crippen LogP) is 3.09. The van der Waals surface area contributed by atoms with Crippen LogP contribution in [0.5, 0.6) is 0 Å². The molecule has 0 aliphatic carbocycles. The SMILES string of the molecule is CC[C@]1(c2ccccc2)NC(=O)N(CC(=O)Nc2cccc(I)c2)C1=O. The van der Waals surface area contributed by atoms with Gasteiger partial charge in [0.25, 0.3) is 5.91 Å². The van der Waals surface area contributed by atoms with E-state index in [1.165, 1.54) is 0 Å². The molecule has 3 rings (SSSR count). The Hall–Kier alpha value is -2.42. The summed E-state index contributed by atoms with van der Waals surface area (Å²) in [6, 6.07) is 15.8. The average molecular weight is 463 g/mol. The van der Waals surface area contributed by atoms with Crippen LogP contribution in [0.3, 0.4) is 0 Å². The molecule has 4 amide bonds. The molecule has 0 saturated carbocycles. The van der Waals surface area contributed by atoms with Crippen molar-refractivity contribution in [3.63, 3.8) is 0 Å². The minimum atomic E-state index is -1.12. The topological polar surface area (TPSA) is 78.5 Å². The molecule has 0 aromatic heterocycles. The summed E-state index contributed by atoms with van der Waals surface area (Å²) in [7, 11) is 0. The van der Waals surface area contributed by atoms with E-state index in [1.54, 1.807) is 18.2 Å². The Morgan fingerprint density at radius 3 is 2.54 bits per heavy atom. The summed E-state index contributed by atoms with van der Waals surface area (Å²) in [4.78, 5) is 38.7. The minimum absolute atomic E-state index is 0.329. The van der Waals surface area contributed by atoms with Gasteiger partial charge >= 0.3 is 6.03 Å². The van der Waals surface area contributed by atoms with Crippen LogP contribution in [0.2, 0.25) is 0 Å². The number of amides is 4. The first-order valence-electron chi connectivity index (χ1n) is 8.21. The Morgan fingerprint density at radius 1 is 1.15 bits per heavy atom. The van der Waals surface area contributed by atoms with Crippen LogP contribution in [0.15, 0.2) is 54.6 Å². The number of benzene rings is 2. The van der Waals surface area contributed by atoms with Gasteiger partial charge < -0.3 is 10.6 Å². The third-order valence-electron chi connectivity index (χ3n) is 4.38. The van der Waals surface area contributed by atoms with Crippen LogP contribution in [0.4, 0.5) is 10.5 Å². The number of imide groups is 1. The van der Waals surface area contributed by atoms with Crippen LogP contribution in [0, 0.1) is 3.57 Å². The number of rotatable bonds is 5. The van der Waals surface area contributed by atoms with Crippen molar-refractivity contribution in [1.29, 1.82) is 0 Å². The second-order valence-electron chi connectivity index (χ2n) is 6.00. The number of nitrogens with one attached hydrogen (secondary N) is 2. The molecule has 0 unspecified atom stereocenters. The molecule has 2 aromatic carbocycles. The van der Waals surface area contributed by atoms with Crippen molar-refractivity contribution in [1.82, 2.24) is 10.2 Å². The van der Waals surface area contributed by atoms with E-state index in [9.17, 15) is 14.4 Å². The normalized spacial score (nSPS) is 19.4. The first-order chi connectivity index (χ1) is 12.5. The van der Waals surface area contributed by atoms with Gasteiger partial charge in [0.15, 0.2) is 0 Å². The third-order valence-corrected chi connectivity index (χ3v) is 5.05. The van der Waals surface area contributed by atoms with Gasteiger partial charge in [0.2, 0.25) is 5.91 Å². The van der Waals surface area contributed by atoms with E-state index in [1.807, 2.05) is 43.3 Å². The highest BCUT2D eigenvalue weighted by Crippen LogP contribution is 2.32. The molecule has 1 atom stereocenters. The van der Waals surface area contributed by atoms with Crippen molar-refractivity contribution < 1.29 is 14.4 Å². The van der Waals surface area contributed by atoms with Crippen LogP contribution >= 0.6 is 22.6 Å². The molecular weight excluding hydrogens is 445 g/mol. The molecule has 1 fully saturated rings. The number of halogens is 1. The Balaban J connectivity index is 1.77. The Morgan fingerprint density at radius 2 is 1.88 bits per heavy atom. The third kappa shape index (κ3) is 3.44. The lowest BCUT2D eigenvalue weighted by Gasteiger charge is -2.25. The fourth-order valence-electron chi connectivity index (χ4n) is 3.04. The molecule has 1 aliphatic heterocycles. The van der Waals surface area contributed by atoms with Gasteiger partial charge in [-0.05, 0) is 52.8 Å². The van der Waals surface area contributed by atoms with Gasteiger partial charge in [-0.15, -0.1) is 0 Å². The average Bonchev–Trinajstić information content (AvgIpc) is 2.87. The maximum atomic E-state index is 13.0. The lowest BCUT2D eigenvalue weighted by molar-refractivity contribution is -0.134. The fourth-order valence-corrected chi connectivity index (χ4v) is 3.59. The maximum Gasteiger partial charge on any atom is 0.325 e. The van der Waals surface area contributed by atoms with Crippen LogP contribution in [0.1, 0.15) is 18.9 Å². The summed E-state index contributed by atoms with van der Waals surface area (Å²) < 4.78 is 0.976. The fraction of sp³-hybridized carbons (Fsp3) is 0.211. The van der Waals surface area contributed by atoms with E-state index < -0.39 is 23.4 Å². The lowest BCUT2D eigenvalue weighted by Crippen LogP contribution is -2.44. The van der Waals surface area contributed by atoms with Crippen molar-refractivity contribution in [2.45, 2.75) is 18.9 Å². The molecule has 1 aliphatic rings. The van der Waals surface area contributed by atoms with Crippen LogP contribution in [-0.4, -0.2) is 29.3 Å². The largest absolute Gasteiger partial charge is 0.325 e. The van der Waals surface area contributed by atoms with E-state index >= 15 is 0 Å². The summed E-state index contributed by atoms with van der Waals surface area (Å²) in [5.74, 6) is -0.829. The Kier molecular flexibility index (Phi) is 5.26. The zero-order valence-corrected chi connectivity index (χ0v) is 16.3. The highest BCUT2D eigenvalue weighted by molar-refractivity contribution is 14.1. The second kappa shape index (κ2) is 7.45. The summed E-state index contributed by atoms with van der Waals surface area (Å²) in [5, 5.41) is 5.49. The minimum Gasteiger partial charge on any atom is -0.324 e. The number of hydrogen-bond acceptors (Lipinski definition) is 3. The maximum absolute atomic E-state index is 13.0.